The van der Waals surface area contributed by atoms with Crippen molar-refractivity contribution in [1.29, 1.82) is 0 Å². The van der Waals surface area contributed by atoms with Crippen LogP contribution in [0.5, 0.6) is 17.4 Å². The average Bonchev–Trinajstić information content (AvgIpc) is 2.44. The summed E-state index contributed by atoms with van der Waals surface area (Å²) in [5, 5.41) is 3.12. The van der Waals surface area contributed by atoms with Crippen molar-refractivity contribution >= 4 is 21.7 Å². The van der Waals surface area contributed by atoms with Crippen molar-refractivity contribution in [2.45, 2.75) is 6.92 Å². The zero-order valence-electron chi connectivity index (χ0n) is 10.7. The molecule has 5 nitrogen and oxygen atoms in total. The van der Waals surface area contributed by atoms with E-state index in [-0.39, 0.29) is 0 Å². The van der Waals surface area contributed by atoms with Gasteiger partial charge in [0.05, 0.1) is 7.11 Å². The highest BCUT2D eigenvalue weighted by Gasteiger charge is 2.12. The molecule has 0 aliphatic carbocycles. The first-order valence-corrected chi connectivity index (χ1v) is 6.60. The number of ether oxygens (including phenoxy) is 2. The summed E-state index contributed by atoms with van der Waals surface area (Å²) in [4.78, 5) is 8.25. The molecule has 0 saturated carbocycles. The third-order valence-electron chi connectivity index (χ3n) is 2.38. The van der Waals surface area contributed by atoms with Crippen molar-refractivity contribution < 1.29 is 9.47 Å². The van der Waals surface area contributed by atoms with Crippen molar-refractivity contribution in [2.75, 3.05) is 19.0 Å². The average molecular weight is 324 g/mol. The Morgan fingerprint density at radius 2 is 1.95 bits per heavy atom. The Morgan fingerprint density at radius 3 is 2.63 bits per heavy atom. The Balaban J connectivity index is 2.30. The van der Waals surface area contributed by atoms with Crippen molar-refractivity contribution in [3.8, 4) is 17.4 Å². The number of aromatic nitrogens is 2. The van der Waals surface area contributed by atoms with Gasteiger partial charge in [-0.1, -0.05) is 12.1 Å². The first-order valence-electron chi connectivity index (χ1n) is 5.81. The summed E-state index contributed by atoms with van der Waals surface area (Å²) in [5.74, 6) is 2.39. The molecule has 19 heavy (non-hydrogen) atoms. The lowest BCUT2D eigenvalue weighted by Gasteiger charge is -2.12. The highest BCUT2D eigenvalue weighted by atomic mass is 79.9. The monoisotopic (exact) mass is 323 g/mol. The Morgan fingerprint density at radius 1 is 1.21 bits per heavy atom. The second-order valence-electron chi connectivity index (χ2n) is 3.62. The van der Waals surface area contributed by atoms with Crippen molar-refractivity contribution in [1.82, 2.24) is 9.97 Å². The zero-order chi connectivity index (χ0) is 13.7. The maximum Gasteiger partial charge on any atom is 0.239 e. The predicted molar refractivity (Wildman–Crippen MR) is 77.0 cm³/mol. The number of rotatable bonds is 5. The van der Waals surface area contributed by atoms with E-state index in [1.54, 1.807) is 7.11 Å². The Kier molecular flexibility index (Phi) is 4.57. The van der Waals surface area contributed by atoms with E-state index in [1.807, 2.05) is 31.2 Å². The molecule has 0 aliphatic rings. The van der Waals surface area contributed by atoms with Gasteiger partial charge >= 0.3 is 0 Å². The van der Waals surface area contributed by atoms with Crippen LogP contribution in [0.25, 0.3) is 0 Å². The first-order chi connectivity index (χ1) is 9.26. The van der Waals surface area contributed by atoms with Gasteiger partial charge in [-0.3, -0.25) is 0 Å². The Hall–Kier alpha value is -1.82. The molecule has 1 heterocycles. The van der Waals surface area contributed by atoms with E-state index in [9.17, 15) is 0 Å². The highest BCUT2D eigenvalue weighted by Crippen LogP contribution is 2.35. The third-order valence-corrected chi connectivity index (χ3v) is 3.09. The second kappa shape index (κ2) is 6.38. The van der Waals surface area contributed by atoms with Gasteiger partial charge in [0, 0.05) is 6.54 Å². The number of nitrogens with one attached hydrogen (secondary N) is 1. The molecular formula is C13H14BrN3O2. The fourth-order valence-corrected chi connectivity index (χ4v) is 1.95. The number of anilines is 1. The Bertz CT molecular complexity index is 563. The molecule has 0 amide bonds. The molecular weight excluding hydrogens is 310 g/mol. The van der Waals surface area contributed by atoms with Crippen LogP contribution >= 0.6 is 15.9 Å². The van der Waals surface area contributed by atoms with Gasteiger partial charge in [0.1, 0.15) is 16.6 Å². The van der Waals surface area contributed by atoms with Crippen molar-refractivity contribution in [3.63, 3.8) is 0 Å². The van der Waals surface area contributed by atoms with Crippen LogP contribution in [0.1, 0.15) is 6.92 Å². The van der Waals surface area contributed by atoms with Crippen LogP contribution in [0.2, 0.25) is 0 Å². The minimum Gasteiger partial charge on any atom is -0.493 e. The van der Waals surface area contributed by atoms with E-state index < -0.39 is 0 Å². The summed E-state index contributed by atoms with van der Waals surface area (Å²) < 4.78 is 11.7. The first kappa shape index (κ1) is 13.6. The summed E-state index contributed by atoms with van der Waals surface area (Å²) in [6.45, 7) is 2.76. The summed E-state index contributed by atoms with van der Waals surface area (Å²) in [7, 11) is 1.60. The van der Waals surface area contributed by atoms with Gasteiger partial charge in [-0.25, -0.2) is 9.97 Å². The molecule has 2 aromatic rings. The minimum atomic E-state index is 0.440. The van der Waals surface area contributed by atoms with E-state index in [4.69, 9.17) is 9.47 Å². The predicted octanol–water partition coefficient (Wildman–Crippen LogP) is 3.47. The lowest BCUT2D eigenvalue weighted by atomic mass is 10.3. The highest BCUT2D eigenvalue weighted by molar-refractivity contribution is 9.10. The molecule has 100 valence electrons. The molecule has 2 rings (SSSR count). The number of methoxy groups -OCH3 is 1. The van der Waals surface area contributed by atoms with Crippen LogP contribution in [0.4, 0.5) is 5.82 Å². The van der Waals surface area contributed by atoms with Crippen molar-refractivity contribution in [2.24, 2.45) is 0 Å². The van der Waals surface area contributed by atoms with E-state index in [2.05, 4.69) is 31.2 Å². The number of hydrogen-bond donors (Lipinski definition) is 1. The van der Waals surface area contributed by atoms with Gasteiger partial charge < -0.3 is 14.8 Å². The van der Waals surface area contributed by atoms with Crippen LogP contribution < -0.4 is 14.8 Å². The molecule has 0 atom stereocenters. The molecule has 6 heteroatoms. The van der Waals surface area contributed by atoms with Crippen LogP contribution in [0, 0.1) is 0 Å². The van der Waals surface area contributed by atoms with E-state index >= 15 is 0 Å². The standard InChI is InChI=1S/C13H14BrN3O2/c1-3-15-12-11(14)13(17-8-16-12)19-10-7-5-4-6-9(10)18-2/h4-8H,3H2,1-2H3,(H,15,16,17). The quantitative estimate of drug-likeness (QED) is 0.913. The maximum absolute atomic E-state index is 5.76. The molecule has 0 bridgehead atoms. The molecule has 0 aliphatic heterocycles. The molecule has 1 aromatic carbocycles. The molecule has 0 spiro atoms. The summed E-state index contributed by atoms with van der Waals surface area (Å²) in [5.41, 5.74) is 0. The van der Waals surface area contributed by atoms with Gasteiger partial charge in [-0.2, -0.15) is 0 Å². The van der Waals surface area contributed by atoms with Gasteiger partial charge in [0.2, 0.25) is 5.88 Å². The fourth-order valence-electron chi connectivity index (χ4n) is 1.52. The summed E-state index contributed by atoms with van der Waals surface area (Å²) in [6, 6.07) is 7.40. The number of halogens is 1. The van der Waals surface area contributed by atoms with Gasteiger partial charge in [-0.05, 0) is 35.0 Å². The zero-order valence-corrected chi connectivity index (χ0v) is 12.3. The lowest BCUT2D eigenvalue weighted by Crippen LogP contribution is -2.02. The van der Waals surface area contributed by atoms with Gasteiger partial charge in [0.15, 0.2) is 11.5 Å². The summed E-state index contributed by atoms with van der Waals surface area (Å²) in [6.07, 6.45) is 1.45. The second-order valence-corrected chi connectivity index (χ2v) is 4.42. The Labute approximate surface area is 120 Å². The molecule has 1 aromatic heterocycles. The largest absolute Gasteiger partial charge is 0.493 e. The molecule has 1 N–H and O–H groups in total. The summed E-state index contributed by atoms with van der Waals surface area (Å²) >= 11 is 3.43. The van der Waals surface area contributed by atoms with Gasteiger partial charge in [-0.15, -0.1) is 0 Å². The van der Waals surface area contributed by atoms with E-state index in [0.717, 1.165) is 6.54 Å². The number of para-hydroxylation sites is 2. The molecule has 0 fully saturated rings. The van der Waals surface area contributed by atoms with Crippen LogP contribution in [-0.2, 0) is 0 Å². The smallest absolute Gasteiger partial charge is 0.239 e. The van der Waals surface area contributed by atoms with Crippen molar-refractivity contribution in [3.05, 3.63) is 35.1 Å². The fraction of sp³-hybridized carbons (Fsp3) is 0.231. The lowest BCUT2D eigenvalue weighted by molar-refractivity contribution is 0.373. The normalized spacial score (nSPS) is 10.1. The van der Waals surface area contributed by atoms with Crippen LogP contribution in [0.15, 0.2) is 35.1 Å². The van der Waals surface area contributed by atoms with Gasteiger partial charge in [0.25, 0.3) is 0 Å². The molecule has 0 unspecified atom stereocenters. The maximum atomic E-state index is 5.76. The SMILES string of the molecule is CCNc1ncnc(Oc2ccccc2OC)c1Br. The van der Waals surface area contributed by atoms with E-state index in [1.165, 1.54) is 6.33 Å². The minimum absolute atomic E-state index is 0.440. The number of benzene rings is 1. The third kappa shape index (κ3) is 3.14. The molecule has 0 saturated heterocycles. The topological polar surface area (TPSA) is 56.3 Å². The van der Waals surface area contributed by atoms with Crippen LogP contribution in [-0.4, -0.2) is 23.6 Å². The van der Waals surface area contributed by atoms with Crippen LogP contribution in [0.3, 0.4) is 0 Å². The number of hydrogen-bond acceptors (Lipinski definition) is 5. The molecule has 0 radical (unpaired) electrons. The number of nitrogens with zero attached hydrogens (tertiary/aromatic N) is 2. The van der Waals surface area contributed by atoms with E-state index in [0.29, 0.717) is 27.7 Å².